The highest BCUT2D eigenvalue weighted by Crippen LogP contribution is 2.42. The zero-order valence-electron chi connectivity index (χ0n) is 18.5. The Hall–Kier alpha value is -2.22. The molecule has 1 fully saturated rings. The van der Waals surface area contributed by atoms with E-state index in [0.29, 0.717) is 17.7 Å². The lowest BCUT2D eigenvalue weighted by molar-refractivity contribution is -0.118. The summed E-state index contributed by atoms with van der Waals surface area (Å²) in [5, 5.41) is 4.97. The number of thiophene rings is 1. The fraction of sp³-hybridized carbons (Fsp3) is 0.500. The van der Waals surface area contributed by atoms with Crippen LogP contribution in [-0.2, 0) is 11.2 Å². The van der Waals surface area contributed by atoms with E-state index >= 15 is 0 Å². The Bertz CT molecular complexity index is 941. The number of likely N-dealkylation sites (N-methyl/N-ethyl adjacent to an activating group) is 1. The number of hydrogen-bond acceptors (Lipinski definition) is 5. The smallest absolute Gasteiger partial charge is 0.258 e. The molecule has 2 aromatic rings. The van der Waals surface area contributed by atoms with E-state index in [2.05, 4.69) is 22.0 Å². The van der Waals surface area contributed by atoms with Crippen molar-refractivity contribution in [3.05, 3.63) is 40.1 Å². The number of aryl methyl sites for hydroxylation is 1. The maximum atomic E-state index is 13.5. The van der Waals surface area contributed by atoms with Crippen molar-refractivity contribution >= 4 is 40.2 Å². The van der Waals surface area contributed by atoms with Crippen molar-refractivity contribution in [2.24, 2.45) is 0 Å². The van der Waals surface area contributed by atoms with Gasteiger partial charge in [0.05, 0.1) is 22.6 Å². The molecule has 2 aliphatic rings. The monoisotopic (exact) mass is 440 g/mol. The molecule has 4 rings (SSSR count). The molecule has 166 valence electrons. The third-order valence-electron chi connectivity index (χ3n) is 6.27. The summed E-state index contributed by atoms with van der Waals surface area (Å²) in [5.41, 5.74) is 2.82. The van der Waals surface area contributed by atoms with E-state index < -0.39 is 0 Å². The molecular weight excluding hydrogens is 408 g/mol. The fourth-order valence-electron chi connectivity index (χ4n) is 4.54. The van der Waals surface area contributed by atoms with Crippen molar-refractivity contribution in [1.82, 2.24) is 9.80 Å². The average Bonchev–Trinajstić information content (AvgIpc) is 2.99. The van der Waals surface area contributed by atoms with E-state index in [4.69, 9.17) is 0 Å². The van der Waals surface area contributed by atoms with Crippen molar-refractivity contribution in [3.8, 4) is 0 Å². The number of anilines is 3. The molecule has 31 heavy (non-hydrogen) atoms. The van der Waals surface area contributed by atoms with Gasteiger partial charge in [-0.3, -0.25) is 14.5 Å². The van der Waals surface area contributed by atoms with Gasteiger partial charge in [-0.2, -0.15) is 0 Å². The normalized spacial score (nSPS) is 17.5. The Morgan fingerprint density at radius 3 is 2.65 bits per heavy atom. The molecular formula is C24H32N4O2S. The molecule has 7 heteroatoms. The molecule has 0 bridgehead atoms. The molecule has 1 N–H and O–H groups in total. The second-order valence-electron chi connectivity index (χ2n) is 8.21. The van der Waals surface area contributed by atoms with Gasteiger partial charge < -0.3 is 15.1 Å². The average molecular weight is 441 g/mol. The lowest BCUT2D eigenvalue weighted by Crippen LogP contribution is -2.32. The van der Waals surface area contributed by atoms with Crippen LogP contribution in [0, 0.1) is 0 Å². The summed E-state index contributed by atoms with van der Waals surface area (Å²) in [6.45, 7) is 10.8. The number of nitrogens with zero attached hydrogens (tertiary/aromatic N) is 3. The van der Waals surface area contributed by atoms with Crippen LogP contribution in [0.5, 0.6) is 0 Å². The second-order valence-corrected chi connectivity index (χ2v) is 9.17. The van der Waals surface area contributed by atoms with Crippen molar-refractivity contribution < 1.29 is 9.59 Å². The van der Waals surface area contributed by atoms with Crippen LogP contribution in [0.3, 0.4) is 0 Å². The minimum Gasteiger partial charge on any atom is -0.320 e. The van der Waals surface area contributed by atoms with E-state index in [1.54, 1.807) is 16.2 Å². The lowest BCUT2D eigenvalue weighted by atomic mass is 10.1. The SMILES string of the molecule is CCc1scc2c1C(=O)Nc1ccccc1N2C(=O)CCCN1CCCN(CC)CC1. The van der Waals surface area contributed by atoms with Crippen LogP contribution >= 0.6 is 11.3 Å². The van der Waals surface area contributed by atoms with E-state index in [0.717, 1.165) is 68.4 Å². The first-order chi connectivity index (χ1) is 15.1. The van der Waals surface area contributed by atoms with Gasteiger partial charge in [-0.1, -0.05) is 26.0 Å². The molecule has 1 aromatic heterocycles. The first kappa shape index (κ1) is 22.0. The molecule has 0 unspecified atom stereocenters. The van der Waals surface area contributed by atoms with Crippen LogP contribution in [-0.4, -0.2) is 60.9 Å². The molecule has 6 nitrogen and oxygen atoms in total. The predicted octanol–water partition coefficient (Wildman–Crippen LogP) is 4.35. The number of fused-ring (bicyclic) bond motifs is 2. The summed E-state index contributed by atoms with van der Waals surface area (Å²) in [7, 11) is 0. The maximum absolute atomic E-state index is 13.5. The summed E-state index contributed by atoms with van der Waals surface area (Å²) in [5.74, 6) is -0.0726. The predicted molar refractivity (Wildman–Crippen MR) is 128 cm³/mol. The number of carbonyl (C=O) groups excluding carboxylic acids is 2. The summed E-state index contributed by atoms with van der Waals surface area (Å²) in [6.07, 6.45) is 3.25. The topological polar surface area (TPSA) is 55.9 Å². The number of hydrogen-bond donors (Lipinski definition) is 1. The molecule has 0 radical (unpaired) electrons. The minimum atomic E-state index is -0.124. The molecule has 1 aromatic carbocycles. The second kappa shape index (κ2) is 9.94. The van der Waals surface area contributed by atoms with Crippen LogP contribution in [0.1, 0.15) is 48.3 Å². The van der Waals surface area contributed by atoms with E-state index in [-0.39, 0.29) is 11.8 Å². The van der Waals surface area contributed by atoms with Gasteiger partial charge in [0.1, 0.15) is 0 Å². The van der Waals surface area contributed by atoms with Crippen LogP contribution in [0.15, 0.2) is 29.6 Å². The number of benzene rings is 1. The zero-order chi connectivity index (χ0) is 21.8. The first-order valence-electron chi connectivity index (χ1n) is 11.4. The highest BCUT2D eigenvalue weighted by Gasteiger charge is 2.31. The molecule has 0 aliphatic carbocycles. The van der Waals surface area contributed by atoms with Crippen LogP contribution in [0.4, 0.5) is 17.1 Å². The zero-order valence-corrected chi connectivity index (χ0v) is 19.3. The Morgan fingerprint density at radius 1 is 1.06 bits per heavy atom. The Morgan fingerprint density at radius 2 is 1.84 bits per heavy atom. The van der Waals surface area contributed by atoms with Crippen LogP contribution in [0.25, 0.3) is 0 Å². The largest absolute Gasteiger partial charge is 0.320 e. The van der Waals surface area contributed by atoms with Crippen molar-refractivity contribution in [2.45, 2.75) is 39.5 Å². The third-order valence-corrected chi connectivity index (χ3v) is 7.39. The van der Waals surface area contributed by atoms with Gasteiger partial charge in [0.2, 0.25) is 5.91 Å². The Balaban J connectivity index is 1.50. The molecule has 3 heterocycles. The number of rotatable bonds is 6. The van der Waals surface area contributed by atoms with E-state index in [1.807, 2.05) is 36.6 Å². The van der Waals surface area contributed by atoms with Gasteiger partial charge in [0.15, 0.2) is 0 Å². The summed E-state index contributed by atoms with van der Waals surface area (Å²) < 4.78 is 0. The molecule has 0 spiro atoms. The number of amides is 2. The van der Waals surface area contributed by atoms with Gasteiger partial charge >= 0.3 is 0 Å². The number of carbonyl (C=O) groups is 2. The third kappa shape index (κ3) is 4.68. The fourth-order valence-corrected chi connectivity index (χ4v) is 5.50. The number of para-hydroxylation sites is 2. The van der Waals surface area contributed by atoms with Crippen molar-refractivity contribution in [2.75, 3.05) is 49.5 Å². The molecule has 0 saturated carbocycles. The lowest BCUT2D eigenvalue weighted by Gasteiger charge is -2.24. The van der Waals surface area contributed by atoms with Gasteiger partial charge in [0.25, 0.3) is 5.91 Å². The minimum absolute atomic E-state index is 0.0515. The van der Waals surface area contributed by atoms with Crippen LogP contribution < -0.4 is 10.2 Å². The highest BCUT2D eigenvalue weighted by molar-refractivity contribution is 7.11. The quantitative estimate of drug-likeness (QED) is 0.726. The summed E-state index contributed by atoms with van der Waals surface area (Å²) >= 11 is 1.56. The van der Waals surface area contributed by atoms with Gasteiger partial charge in [-0.15, -0.1) is 11.3 Å². The summed E-state index contributed by atoms with van der Waals surface area (Å²) in [4.78, 5) is 34.1. The summed E-state index contributed by atoms with van der Waals surface area (Å²) in [6, 6.07) is 7.59. The first-order valence-corrected chi connectivity index (χ1v) is 12.3. The molecule has 2 amide bonds. The Labute approximate surface area is 188 Å². The van der Waals surface area contributed by atoms with Gasteiger partial charge in [0, 0.05) is 29.8 Å². The van der Waals surface area contributed by atoms with E-state index in [9.17, 15) is 9.59 Å². The standard InChI is InChI=1S/C24H32N4O2S/c1-3-21-23-20(17-31-21)28(19-10-6-5-9-18(19)25-24(23)30)22(29)11-7-12-27-14-8-13-26(4-2)15-16-27/h5-6,9-10,17H,3-4,7-8,11-16H2,1-2H3,(H,25,30). The Kier molecular flexibility index (Phi) is 7.05. The number of nitrogens with one attached hydrogen (secondary N) is 1. The molecule has 1 saturated heterocycles. The van der Waals surface area contributed by atoms with Gasteiger partial charge in [-0.25, -0.2) is 0 Å². The maximum Gasteiger partial charge on any atom is 0.258 e. The van der Waals surface area contributed by atoms with Crippen LogP contribution in [0.2, 0.25) is 0 Å². The highest BCUT2D eigenvalue weighted by atomic mass is 32.1. The molecule has 0 atom stereocenters. The van der Waals surface area contributed by atoms with Crippen molar-refractivity contribution in [1.29, 1.82) is 0 Å². The van der Waals surface area contributed by atoms with Crippen molar-refractivity contribution in [3.63, 3.8) is 0 Å². The van der Waals surface area contributed by atoms with Gasteiger partial charge in [-0.05, 0) is 57.6 Å². The molecule has 2 aliphatic heterocycles. The van der Waals surface area contributed by atoms with E-state index in [1.165, 1.54) is 6.42 Å².